The van der Waals surface area contributed by atoms with Gasteiger partial charge in [-0.3, -0.25) is 4.79 Å². The molecule has 0 unspecified atom stereocenters. The molecule has 0 aromatic carbocycles. The van der Waals surface area contributed by atoms with Gasteiger partial charge in [0.2, 0.25) is 0 Å². The Balaban J connectivity index is 1.94. The Labute approximate surface area is 123 Å². The lowest BCUT2D eigenvalue weighted by atomic mass is 10.3. The number of amides is 1. The molecule has 0 saturated heterocycles. The van der Waals surface area contributed by atoms with Crippen molar-refractivity contribution in [3.05, 3.63) is 49.8 Å². The number of H-pyrrole nitrogens is 1. The van der Waals surface area contributed by atoms with E-state index in [0.29, 0.717) is 6.54 Å². The first-order valence-corrected chi connectivity index (χ1v) is 6.77. The fourth-order valence-corrected chi connectivity index (χ4v) is 2.32. The van der Waals surface area contributed by atoms with Gasteiger partial charge in [0, 0.05) is 21.9 Å². The quantitative estimate of drug-likeness (QED) is 0.449. The van der Waals surface area contributed by atoms with E-state index in [1.165, 1.54) is 23.5 Å². The summed E-state index contributed by atoms with van der Waals surface area (Å²) in [5.41, 5.74) is 0.910. The highest BCUT2D eigenvalue weighted by Crippen LogP contribution is 2.14. The molecule has 0 aliphatic heterocycles. The summed E-state index contributed by atoms with van der Waals surface area (Å²) in [6.07, 6.45) is 0. The third-order valence-electron chi connectivity index (χ3n) is 2.50. The van der Waals surface area contributed by atoms with E-state index in [1.807, 2.05) is 11.4 Å². The van der Waals surface area contributed by atoms with Gasteiger partial charge < -0.3 is 20.5 Å². The molecule has 0 spiro atoms. The number of nitro groups is 1. The molecular weight excluding hydrogens is 294 g/mol. The van der Waals surface area contributed by atoms with Gasteiger partial charge in [-0.25, -0.2) is 4.98 Å². The van der Waals surface area contributed by atoms with Crippen LogP contribution in [0, 0.1) is 22.0 Å². The number of nitrogens with one attached hydrogen (secondary N) is 2. The second-order valence-corrected chi connectivity index (χ2v) is 4.95. The van der Waals surface area contributed by atoms with Gasteiger partial charge in [-0.05, 0) is 17.1 Å². The minimum absolute atomic E-state index is 0.138. The number of hydrogen-bond acceptors (Lipinski definition) is 5. The summed E-state index contributed by atoms with van der Waals surface area (Å²) in [6.45, 7) is 0.102. The van der Waals surface area contributed by atoms with Gasteiger partial charge in [-0.1, -0.05) is 11.8 Å². The van der Waals surface area contributed by atoms with Crippen molar-refractivity contribution in [1.82, 2.24) is 10.3 Å². The molecule has 0 fully saturated rings. The number of rotatable bonds is 4. The molecule has 2 heterocycles. The molecule has 2 aromatic rings. The maximum Gasteiger partial charge on any atom is 0.321 e. The van der Waals surface area contributed by atoms with Crippen LogP contribution in [0.4, 0.5) is 5.82 Å². The van der Waals surface area contributed by atoms with Crippen LogP contribution >= 0.6 is 11.3 Å². The molecule has 7 nitrogen and oxygen atoms in total. The molecule has 0 saturated carbocycles. The van der Waals surface area contributed by atoms with E-state index in [-0.39, 0.29) is 18.1 Å². The van der Waals surface area contributed by atoms with Crippen molar-refractivity contribution in [2.75, 3.05) is 6.61 Å². The topological polar surface area (TPSA) is 108 Å². The van der Waals surface area contributed by atoms with E-state index >= 15 is 0 Å². The molecule has 0 aliphatic carbocycles. The Morgan fingerprint density at radius 1 is 1.52 bits per heavy atom. The van der Waals surface area contributed by atoms with E-state index in [9.17, 15) is 14.9 Å². The molecule has 0 radical (unpaired) electrons. The normalized spacial score (nSPS) is 9.76. The molecule has 2 aromatic heterocycles. The zero-order valence-corrected chi connectivity index (χ0v) is 11.6. The summed E-state index contributed by atoms with van der Waals surface area (Å²) in [5, 5.41) is 23.6. The molecule has 1 amide bonds. The van der Waals surface area contributed by atoms with Crippen LogP contribution in [0.25, 0.3) is 0 Å². The predicted octanol–water partition coefficient (Wildman–Crippen LogP) is 1.26. The molecule has 3 N–H and O–H groups in total. The number of thiophene rings is 1. The number of aliphatic hydroxyl groups is 1. The summed E-state index contributed by atoms with van der Waals surface area (Å²) >= 11 is 1.43. The number of aromatic nitrogens is 1. The number of nitrogens with zero attached hydrogens (tertiary/aromatic N) is 1. The highest BCUT2D eigenvalue weighted by molar-refractivity contribution is 7.10. The number of aromatic amines is 1. The Bertz CT molecular complexity index is 723. The SMILES string of the molecule is O=C(NCc1cc(C#CCO)cs1)c1ccc([N+](=O)[O-])[nH]1. The Kier molecular flexibility index (Phi) is 4.71. The minimum atomic E-state index is -0.595. The second-order valence-electron chi connectivity index (χ2n) is 3.96. The summed E-state index contributed by atoms with van der Waals surface area (Å²) in [6, 6.07) is 4.41. The van der Waals surface area contributed by atoms with E-state index in [0.717, 1.165) is 10.4 Å². The van der Waals surface area contributed by atoms with E-state index in [4.69, 9.17) is 5.11 Å². The van der Waals surface area contributed by atoms with Crippen LogP contribution < -0.4 is 5.32 Å². The lowest BCUT2D eigenvalue weighted by Crippen LogP contribution is -2.22. The summed E-state index contributed by atoms with van der Waals surface area (Å²) < 4.78 is 0. The standard InChI is InChI=1S/C13H11N3O4S/c17-5-1-2-9-6-10(21-8-9)7-14-13(18)11-3-4-12(15-11)16(19)20/h3-4,6,8,15,17H,5,7H2,(H,14,18). The van der Waals surface area contributed by atoms with E-state index in [2.05, 4.69) is 22.1 Å². The van der Waals surface area contributed by atoms with Gasteiger partial charge in [0.1, 0.15) is 6.61 Å². The monoisotopic (exact) mass is 305 g/mol. The lowest BCUT2D eigenvalue weighted by Gasteiger charge is -1.99. The second kappa shape index (κ2) is 6.69. The maximum absolute atomic E-state index is 11.8. The first kappa shape index (κ1) is 14.8. The highest BCUT2D eigenvalue weighted by Gasteiger charge is 2.15. The average molecular weight is 305 g/mol. The third-order valence-corrected chi connectivity index (χ3v) is 3.44. The van der Waals surface area contributed by atoms with E-state index < -0.39 is 10.8 Å². The largest absolute Gasteiger partial charge is 0.384 e. The molecule has 0 bridgehead atoms. The molecule has 0 aliphatic rings. The van der Waals surface area contributed by atoms with Gasteiger partial charge in [-0.15, -0.1) is 11.3 Å². The van der Waals surface area contributed by atoms with Crippen molar-refractivity contribution < 1.29 is 14.8 Å². The summed E-state index contributed by atoms with van der Waals surface area (Å²) in [5.74, 6) is 4.66. The highest BCUT2D eigenvalue weighted by atomic mass is 32.1. The van der Waals surface area contributed by atoms with Crippen LogP contribution in [-0.2, 0) is 6.54 Å². The van der Waals surface area contributed by atoms with E-state index in [1.54, 1.807) is 0 Å². The Hall–Kier alpha value is -2.63. The van der Waals surface area contributed by atoms with Crippen LogP contribution in [0.1, 0.15) is 20.9 Å². The van der Waals surface area contributed by atoms with Crippen molar-refractivity contribution >= 4 is 23.1 Å². The number of carbonyl (C=O) groups excluding carboxylic acids is 1. The summed E-state index contributed by atoms with van der Waals surface area (Å²) in [7, 11) is 0. The summed E-state index contributed by atoms with van der Waals surface area (Å²) in [4.78, 5) is 25.1. The Morgan fingerprint density at radius 3 is 3.00 bits per heavy atom. The number of hydrogen-bond donors (Lipinski definition) is 3. The van der Waals surface area contributed by atoms with Gasteiger partial charge in [-0.2, -0.15) is 0 Å². The zero-order chi connectivity index (χ0) is 15.2. The van der Waals surface area contributed by atoms with Gasteiger partial charge >= 0.3 is 5.82 Å². The average Bonchev–Trinajstić information content (AvgIpc) is 3.11. The van der Waals surface area contributed by atoms with Crippen LogP contribution in [0.2, 0.25) is 0 Å². The van der Waals surface area contributed by atoms with Crippen molar-refractivity contribution in [3.8, 4) is 11.8 Å². The predicted molar refractivity (Wildman–Crippen MR) is 76.9 cm³/mol. The minimum Gasteiger partial charge on any atom is -0.384 e. The molecule has 8 heteroatoms. The fourth-order valence-electron chi connectivity index (χ4n) is 1.57. The zero-order valence-electron chi connectivity index (χ0n) is 10.8. The molecule has 108 valence electrons. The van der Waals surface area contributed by atoms with Crippen molar-refractivity contribution in [1.29, 1.82) is 0 Å². The fraction of sp³-hybridized carbons (Fsp3) is 0.154. The van der Waals surface area contributed by atoms with Gasteiger partial charge in [0.25, 0.3) is 5.91 Å². The van der Waals surface area contributed by atoms with Crippen molar-refractivity contribution in [2.24, 2.45) is 0 Å². The molecular formula is C13H11N3O4S. The van der Waals surface area contributed by atoms with Crippen molar-refractivity contribution in [2.45, 2.75) is 6.54 Å². The first-order chi connectivity index (χ1) is 10.1. The molecule has 2 rings (SSSR count). The lowest BCUT2D eigenvalue weighted by molar-refractivity contribution is -0.389. The van der Waals surface area contributed by atoms with Gasteiger partial charge in [0.05, 0.1) is 6.54 Å². The molecule has 21 heavy (non-hydrogen) atoms. The van der Waals surface area contributed by atoms with Crippen LogP contribution in [-0.4, -0.2) is 27.5 Å². The maximum atomic E-state index is 11.8. The van der Waals surface area contributed by atoms with Crippen LogP contribution in [0.3, 0.4) is 0 Å². The van der Waals surface area contributed by atoms with Crippen LogP contribution in [0.15, 0.2) is 23.6 Å². The third kappa shape index (κ3) is 3.92. The number of aliphatic hydroxyl groups excluding tert-OH is 1. The number of carbonyl (C=O) groups is 1. The molecule has 0 atom stereocenters. The van der Waals surface area contributed by atoms with Crippen LogP contribution in [0.5, 0.6) is 0 Å². The smallest absolute Gasteiger partial charge is 0.321 e. The Morgan fingerprint density at radius 2 is 2.33 bits per heavy atom. The first-order valence-electron chi connectivity index (χ1n) is 5.89. The van der Waals surface area contributed by atoms with Crippen molar-refractivity contribution in [3.63, 3.8) is 0 Å². The van der Waals surface area contributed by atoms with Gasteiger partial charge in [0.15, 0.2) is 5.69 Å².